The van der Waals surface area contributed by atoms with Crippen LogP contribution in [0.1, 0.15) is 94.1 Å². The zero-order chi connectivity index (χ0) is 54.1. The molecule has 3 aliphatic rings. The summed E-state index contributed by atoms with van der Waals surface area (Å²) in [6.45, 7) is 0.267. The monoisotopic (exact) mass is 1070 g/mol. The van der Waals surface area contributed by atoms with Crippen LogP contribution in [-0.4, -0.2) is 146 Å². The van der Waals surface area contributed by atoms with Crippen LogP contribution in [0.2, 0.25) is 0 Å². The number of allylic oxidation sites excluding steroid dienone is 3. The largest absolute Gasteiger partial charge is 0.379 e. The molecule has 76 heavy (non-hydrogen) atoms. The van der Waals surface area contributed by atoms with Crippen molar-refractivity contribution in [3.8, 4) is 0 Å². The topological polar surface area (TPSA) is 340 Å². The Morgan fingerprint density at radius 1 is 0.553 bits per heavy atom. The molecule has 0 spiro atoms. The third-order valence-electron chi connectivity index (χ3n) is 12.8. The van der Waals surface area contributed by atoms with E-state index in [1.165, 1.54) is 37.6 Å². The first kappa shape index (κ1) is 58.0. The summed E-state index contributed by atoms with van der Waals surface area (Å²) in [5.74, 6) is -6.50. The van der Waals surface area contributed by atoms with E-state index >= 15 is 0 Å². The number of imidazole rings is 3. The Hall–Kier alpha value is -7.31. The molecule has 0 radical (unpaired) electrons. The van der Waals surface area contributed by atoms with Gasteiger partial charge in [0, 0.05) is 168 Å². The maximum absolute atomic E-state index is 14.7. The Labute approximate surface area is 445 Å². The first-order valence-electron chi connectivity index (χ1n) is 25.4. The van der Waals surface area contributed by atoms with Gasteiger partial charge in [-0.15, -0.1) is 0 Å². The van der Waals surface area contributed by atoms with E-state index < -0.39 is 83.3 Å². The Morgan fingerprint density at radius 2 is 0.974 bits per heavy atom. The first-order valence-corrected chi connectivity index (χ1v) is 26.1. The fraction of sp³-hybridized carbons (Fsp3) is 0.500. The van der Waals surface area contributed by atoms with E-state index in [1.807, 2.05) is 18.2 Å². The fourth-order valence-electron chi connectivity index (χ4n) is 8.76. The van der Waals surface area contributed by atoms with Crippen molar-refractivity contribution in [2.75, 3.05) is 32.2 Å². The summed E-state index contributed by atoms with van der Waals surface area (Å²) in [6, 6.07) is -3.47. The molecule has 6 atom stereocenters. The predicted octanol–water partition coefficient (Wildman–Crippen LogP) is 2.50. The summed E-state index contributed by atoms with van der Waals surface area (Å²) in [5, 5.41) is 8.52. The Bertz CT molecular complexity index is 2630. The number of primary amides is 1. The number of thiol groups is 1. The summed E-state index contributed by atoms with van der Waals surface area (Å²) in [4.78, 5) is 144. The third-order valence-corrected chi connectivity index (χ3v) is 13.0. The zero-order valence-corrected chi connectivity index (χ0v) is 43.2. The molecule has 4 amide bonds. The average Bonchev–Trinajstić information content (AvgIpc) is 4.25. The van der Waals surface area contributed by atoms with Gasteiger partial charge in [0.05, 0.1) is 68.1 Å². The molecule has 3 aromatic heterocycles. The van der Waals surface area contributed by atoms with Crippen LogP contribution in [0.5, 0.6) is 0 Å². The van der Waals surface area contributed by atoms with Crippen molar-refractivity contribution in [3.05, 3.63) is 90.0 Å². The van der Waals surface area contributed by atoms with Gasteiger partial charge in [-0.2, -0.15) is 12.6 Å². The van der Waals surface area contributed by atoms with Gasteiger partial charge in [-0.3, -0.25) is 53.3 Å². The SMILES string of the molecule is NC(=O)C(CC(=O)C(CC1=CCC=N1)NC(=O)C(CC(=O)C(CC1=CCC=N1)NC(=O)C(CC(=O)C(CC1=CCC=N1)NC(=O)COCCOCCCC(=O)CCS)Cc1cnc[nH]1)Cc1cnc[nH]1)Cc1cnc[nH]1. The number of rotatable bonds is 38. The van der Waals surface area contributed by atoms with Crippen LogP contribution < -0.4 is 21.7 Å². The molecule has 6 unspecified atom stereocenters. The fourth-order valence-corrected chi connectivity index (χ4v) is 9.01. The van der Waals surface area contributed by atoms with E-state index in [1.54, 1.807) is 18.6 Å². The molecule has 0 aromatic carbocycles. The molecule has 406 valence electrons. The third kappa shape index (κ3) is 19.8. The number of hydrogen-bond donors (Lipinski definition) is 8. The number of carbonyl (C=O) groups is 8. The molecule has 3 aliphatic heterocycles. The van der Waals surface area contributed by atoms with Crippen LogP contribution in [-0.2, 0) is 67.1 Å². The van der Waals surface area contributed by atoms with Crippen molar-refractivity contribution in [2.45, 2.75) is 114 Å². The van der Waals surface area contributed by atoms with E-state index in [0.29, 0.717) is 85.1 Å². The first-order chi connectivity index (χ1) is 36.8. The molecule has 6 heterocycles. The quantitative estimate of drug-likeness (QED) is 0.0303. The van der Waals surface area contributed by atoms with E-state index in [9.17, 15) is 38.4 Å². The maximum Gasteiger partial charge on any atom is 0.246 e. The Morgan fingerprint density at radius 3 is 1.37 bits per heavy atom. The number of hydrogen-bond acceptors (Lipinski definition) is 17. The smallest absolute Gasteiger partial charge is 0.246 e. The summed E-state index contributed by atoms with van der Waals surface area (Å²) in [7, 11) is 0. The lowest BCUT2D eigenvalue weighted by molar-refractivity contribution is -0.135. The lowest BCUT2D eigenvalue weighted by Crippen LogP contribution is -2.49. The van der Waals surface area contributed by atoms with Gasteiger partial charge in [-0.25, -0.2) is 15.0 Å². The number of nitrogens with one attached hydrogen (secondary N) is 6. The number of aromatic amines is 3. The van der Waals surface area contributed by atoms with Crippen molar-refractivity contribution in [2.24, 2.45) is 38.5 Å². The number of Topliss-reactive ketones (excluding diaryl/α,β-unsaturated/α-hetero) is 4. The zero-order valence-electron chi connectivity index (χ0n) is 42.3. The van der Waals surface area contributed by atoms with Crippen molar-refractivity contribution in [3.63, 3.8) is 0 Å². The van der Waals surface area contributed by atoms with Gasteiger partial charge in [-0.1, -0.05) is 18.2 Å². The molecule has 0 saturated carbocycles. The van der Waals surface area contributed by atoms with Crippen LogP contribution >= 0.6 is 12.6 Å². The van der Waals surface area contributed by atoms with Crippen LogP contribution in [0.25, 0.3) is 0 Å². The van der Waals surface area contributed by atoms with E-state index in [4.69, 9.17) is 15.2 Å². The number of nitrogens with zero attached hydrogens (tertiary/aromatic N) is 6. The van der Waals surface area contributed by atoms with Crippen LogP contribution in [0, 0.1) is 17.8 Å². The van der Waals surface area contributed by atoms with E-state index in [2.05, 4.69) is 73.5 Å². The molecule has 3 aromatic rings. The van der Waals surface area contributed by atoms with E-state index in [0.717, 1.165) is 0 Å². The molecule has 0 aliphatic carbocycles. The number of aliphatic imine (C=N–C) groups is 3. The van der Waals surface area contributed by atoms with Gasteiger partial charge in [0.15, 0.2) is 17.3 Å². The molecule has 23 nitrogen and oxygen atoms in total. The minimum Gasteiger partial charge on any atom is -0.379 e. The second-order valence-electron chi connectivity index (χ2n) is 18.7. The number of amides is 4. The second kappa shape index (κ2) is 30.9. The number of carbonyl (C=O) groups excluding carboxylic acids is 8. The highest BCUT2D eigenvalue weighted by molar-refractivity contribution is 7.80. The second-order valence-corrected chi connectivity index (χ2v) is 19.2. The summed E-state index contributed by atoms with van der Waals surface area (Å²) in [5.41, 5.74) is 9.08. The molecule has 8 N–H and O–H groups in total. The average molecular weight is 1070 g/mol. The summed E-state index contributed by atoms with van der Waals surface area (Å²) in [6.07, 6.45) is 21.4. The van der Waals surface area contributed by atoms with Crippen molar-refractivity contribution in [1.29, 1.82) is 0 Å². The predicted molar refractivity (Wildman–Crippen MR) is 283 cm³/mol. The molecule has 6 rings (SSSR count). The van der Waals surface area contributed by atoms with Gasteiger partial charge in [0.2, 0.25) is 23.6 Å². The highest BCUT2D eigenvalue weighted by atomic mass is 32.1. The number of H-pyrrole nitrogens is 3. The van der Waals surface area contributed by atoms with Crippen molar-refractivity contribution in [1.82, 2.24) is 45.9 Å². The lowest BCUT2D eigenvalue weighted by Gasteiger charge is -2.26. The van der Waals surface area contributed by atoms with Crippen LogP contribution in [0.3, 0.4) is 0 Å². The molecular weight excluding hydrogens is 999 g/mol. The van der Waals surface area contributed by atoms with Crippen molar-refractivity contribution < 1.29 is 47.8 Å². The number of ketones is 4. The van der Waals surface area contributed by atoms with Gasteiger partial charge in [-0.05, 0) is 12.2 Å². The molecule has 0 fully saturated rings. The number of nitrogens with two attached hydrogens (primary N) is 1. The van der Waals surface area contributed by atoms with Gasteiger partial charge >= 0.3 is 0 Å². The lowest BCUT2D eigenvalue weighted by atomic mass is 9.89. The normalized spacial score (nSPS) is 16.0. The Kier molecular flexibility index (Phi) is 23.6. The number of aromatic nitrogens is 6. The van der Waals surface area contributed by atoms with Crippen LogP contribution in [0.15, 0.2) is 87.9 Å². The minimum absolute atomic E-state index is 0.00562. The van der Waals surface area contributed by atoms with Crippen molar-refractivity contribution >= 4 is 78.0 Å². The van der Waals surface area contributed by atoms with Gasteiger partial charge in [0.25, 0.3) is 0 Å². The molecule has 24 heteroatoms. The van der Waals surface area contributed by atoms with Crippen LogP contribution in [0.4, 0.5) is 0 Å². The Balaban J connectivity index is 1.16. The highest BCUT2D eigenvalue weighted by Gasteiger charge is 2.36. The minimum atomic E-state index is -1.23. The summed E-state index contributed by atoms with van der Waals surface area (Å²) >= 11 is 4.07. The maximum atomic E-state index is 14.7. The highest BCUT2D eigenvalue weighted by Crippen LogP contribution is 2.24. The molecule has 0 saturated heterocycles. The summed E-state index contributed by atoms with van der Waals surface area (Å²) < 4.78 is 11.1. The molecule has 0 bridgehead atoms. The van der Waals surface area contributed by atoms with E-state index in [-0.39, 0.29) is 77.0 Å². The standard InChI is InChI=1S/C52H67N13O10S/c53-50(71)33(17-39-26-54-30-60-39)20-46(67)44(24-37-6-2-11-58-37)64-52(73)35(19-41-28-56-32-62-41)22-48(69)45(25-38-7-3-12-59-38)65-51(72)34(18-40-27-55-31-61-40)21-47(68)43(23-36-5-1-10-57-36)63-49(70)29-75-15-14-74-13-4-8-42(66)9-16-76/h5-7,10-12,26-28,30-35,43-45,76H,1-4,8-9,13-25,29H2,(H2,53,71)(H,54,60)(H,55,61)(H,56,62)(H,63,70)(H,64,73)(H,65,72). The van der Waals surface area contributed by atoms with Gasteiger partial charge < -0.3 is 46.1 Å². The number of ether oxygens (including phenoxy) is 2. The van der Waals surface area contributed by atoms with Gasteiger partial charge in [0.1, 0.15) is 12.4 Å². The molecular formula is C52H67N13O10S.